The number of nitrogens with two attached hydrogens (primary N) is 1. The maximum absolute atomic E-state index is 7.53. The van der Waals surface area contributed by atoms with Crippen LogP contribution in [0, 0.1) is 5.41 Å². The Kier molecular flexibility index (Phi) is 6.85. The molecule has 1 aromatic carbocycles. The molecule has 1 aliphatic heterocycles. The second-order valence-electron chi connectivity index (χ2n) is 7.49. The fourth-order valence-corrected chi connectivity index (χ4v) is 3.63. The molecule has 0 radical (unpaired) electrons. The summed E-state index contributed by atoms with van der Waals surface area (Å²) in [6, 6.07) is 8.50. The number of benzene rings is 1. The zero-order chi connectivity index (χ0) is 19.1. The Balaban J connectivity index is 1.51. The van der Waals surface area contributed by atoms with Gasteiger partial charge in [-0.2, -0.15) is 4.98 Å². The number of hydrogen-bond donors (Lipinski definition) is 2. The third kappa shape index (κ3) is 5.31. The summed E-state index contributed by atoms with van der Waals surface area (Å²) in [5.41, 5.74) is 7.91. The third-order valence-corrected chi connectivity index (χ3v) is 5.35. The van der Waals surface area contributed by atoms with Gasteiger partial charge in [-0.05, 0) is 24.8 Å². The van der Waals surface area contributed by atoms with E-state index in [4.69, 9.17) is 15.7 Å². The van der Waals surface area contributed by atoms with Crippen molar-refractivity contribution in [2.24, 2.45) is 5.73 Å². The lowest BCUT2D eigenvalue weighted by molar-refractivity contribution is 0.354. The van der Waals surface area contributed by atoms with Crippen molar-refractivity contribution in [2.45, 2.75) is 64.2 Å². The molecule has 1 aromatic heterocycles. The van der Waals surface area contributed by atoms with E-state index < -0.39 is 0 Å². The summed E-state index contributed by atoms with van der Waals surface area (Å²) < 4.78 is 5.47. The number of hydrogen-bond acceptors (Lipinski definition) is 4. The fourth-order valence-electron chi connectivity index (χ4n) is 3.63. The molecule has 1 saturated heterocycles. The summed E-state index contributed by atoms with van der Waals surface area (Å²) in [6.45, 7) is 3.70. The maximum atomic E-state index is 7.53. The van der Waals surface area contributed by atoms with Gasteiger partial charge in [0.2, 0.25) is 11.7 Å². The highest BCUT2D eigenvalue weighted by molar-refractivity contribution is 5.75. The van der Waals surface area contributed by atoms with E-state index in [2.05, 4.69) is 41.3 Å². The molecule has 0 bridgehead atoms. The highest BCUT2D eigenvalue weighted by atomic mass is 16.5. The molecule has 0 saturated carbocycles. The topological polar surface area (TPSA) is 92.0 Å². The molecule has 2 heterocycles. The number of guanidine groups is 1. The zero-order valence-corrected chi connectivity index (χ0v) is 16.3. The van der Waals surface area contributed by atoms with Gasteiger partial charge in [-0.25, -0.2) is 0 Å². The van der Waals surface area contributed by atoms with E-state index in [9.17, 15) is 0 Å². The Morgan fingerprint density at radius 2 is 1.93 bits per heavy atom. The lowest BCUT2D eigenvalue weighted by Crippen LogP contribution is -2.34. The fraction of sp³-hybridized carbons (Fsp3) is 0.571. The smallest absolute Gasteiger partial charge is 0.231 e. The standard InChI is InChI=1S/C21H31N5O/c1-2-3-4-5-6-7-8-16-9-11-17(12-10-16)19-24-20(27-25-19)18-13-14-26(15-18)21(22)23/h9-12,18H,2-8,13-15H2,1H3,(H3,22,23). The van der Waals surface area contributed by atoms with E-state index >= 15 is 0 Å². The summed E-state index contributed by atoms with van der Waals surface area (Å²) in [5, 5.41) is 11.7. The molecule has 27 heavy (non-hydrogen) atoms. The molecule has 0 spiro atoms. The van der Waals surface area contributed by atoms with Crippen LogP contribution in [0.2, 0.25) is 0 Å². The lowest BCUT2D eigenvalue weighted by Gasteiger charge is -2.14. The van der Waals surface area contributed by atoms with Crippen molar-refractivity contribution in [2.75, 3.05) is 13.1 Å². The highest BCUT2D eigenvalue weighted by Gasteiger charge is 2.29. The van der Waals surface area contributed by atoms with Crippen molar-refractivity contribution in [3.8, 4) is 11.4 Å². The molecular weight excluding hydrogens is 338 g/mol. The predicted octanol–water partition coefficient (Wildman–Crippen LogP) is 4.32. The van der Waals surface area contributed by atoms with Crippen molar-refractivity contribution < 1.29 is 4.52 Å². The first-order chi connectivity index (χ1) is 13.2. The van der Waals surface area contributed by atoms with Crippen LogP contribution in [0.1, 0.15) is 69.2 Å². The van der Waals surface area contributed by atoms with Gasteiger partial charge in [0.05, 0.1) is 5.92 Å². The Bertz CT molecular complexity index is 724. The number of likely N-dealkylation sites (tertiary alicyclic amines) is 1. The van der Waals surface area contributed by atoms with Crippen molar-refractivity contribution in [1.82, 2.24) is 15.0 Å². The Labute approximate surface area is 161 Å². The van der Waals surface area contributed by atoms with Crippen LogP contribution in [0.4, 0.5) is 0 Å². The molecule has 2 aromatic rings. The lowest BCUT2D eigenvalue weighted by atomic mass is 10.0. The van der Waals surface area contributed by atoms with Gasteiger partial charge in [-0.1, -0.05) is 68.4 Å². The molecule has 146 valence electrons. The molecule has 1 aliphatic rings. The van der Waals surface area contributed by atoms with Crippen LogP contribution in [0.15, 0.2) is 28.8 Å². The molecule has 1 atom stereocenters. The second kappa shape index (κ2) is 9.53. The van der Waals surface area contributed by atoms with Gasteiger partial charge >= 0.3 is 0 Å². The van der Waals surface area contributed by atoms with E-state index in [0.29, 0.717) is 18.3 Å². The van der Waals surface area contributed by atoms with Crippen molar-refractivity contribution in [1.29, 1.82) is 5.41 Å². The second-order valence-corrected chi connectivity index (χ2v) is 7.49. The van der Waals surface area contributed by atoms with E-state index in [1.54, 1.807) is 0 Å². The molecule has 6 heteroatoms. The van der Waals surface area contributed by atoms with E-state index in [-0.39, 0.29) is 11.9 Å². The van der Waals surface area contributed by atoms with Crippen molar-refractivity contribution in [3.05, 3.63) is 35.7 Å². The van der Waals surface area contributed by atoms with Gasteiger partial charge in [0.15, 0.2) is 5.96 Å². The molecule has 3 rings (SSSR count). The van der Waals surface area contributed by atoms with Gasteiger partial charge in [0.1, 0.15) is 0 Å². The molecule has 1 fully saturated rings. The summed E-state index contributed by atoms with van der Waals surface area (Å²) in [4.78, 5) is 6.41. The first-order valence-corrected chi connectivity index (χ1v) is 10.2. The number of aromatic nitrogens is 2. The van der Waals surface area contributed by atoms with Crippen LogP contribution in [-0.4, -0.2) is 34.1 Å². The van der Waals surface area contributed by atoms with E-state index in [1.165, 1.54) is 44.1 Å². The van der Waals surface area contributed by atoms with Gasteiger partial charge in [0, 0.05) is 18.7 Å². The summed E-state index contributed by atoms with van der Waals surface area (Å²) in [7, 11) is 0. The Morgan fingerprint density at radius 3 is 2.63 bits per heavy atom. The molecule has 1 unspecified atom stereocenters. The molecule has 0 amide bonds. The van der Waals surface area contributed by atoms with Gasteiger partial charge in [-0.15, -0.1) is 0 Å². The summed E-state index contributed by atoms with van der Waals surface area (Å²) >= 11 is 0. The quantitative estimate of drug-likeness (QED) is 0.390. The Hall–Kier alpha value is -2.37. The largest absolute Gasteiger partial charge is 0.370 e. The van der Waals surface area contributed by atoms with E-state index in [0.717, 1.165) is 24.9 Å². The number of rotatable bonds is 9. The van der Waals surface area contributed by atoms with Crippen LogP contribution in [0.5, 0.6) is 0 Å². The number of nitrogens with zero attached hydrogens (tertiary/aromatic N) is 3. The first-order valence-electron chi connectivity index (χ1n) is 10.2. The van der Waals surface area contributed by atoms with Crippen LogP contribution >= 0.6 is 0 Å². The van der Waals surface area contributed by atoms with E-state index in [1.807, 2.05) is 4.90 Å². The van der Waals surface area contributed by atoms with Crippen molar-refractivity contribution >= 4 is 5.96 Å². The van der Waals surface area contributed by atoms with Gasteiger partial charge < -0.3 is 15.2 Å². The monoisotopic (exact) mass is 369 g/mol. The minimum Gasteiger partial charge on any atom is -0.370 e. The molecule has 0 aliphatic carbocycles. The zero-order valence-electron chi connectivity index (χ0n) is 16.3. The Morgan fingerprint density at radius 1 is 1.19 bits per heavy atom. The third-order valence-electron chi connectivity index (χ3n) is 5.35. The maximum Gasteiger partial charge on any atom is 0.231 e. The number of unbranched alkanes of at least 4 members (excludes halogenated alkanes) is 5. The summed E-state index contributed by atoms with van der Waals surface area (Å²) in [6.07, 6.45) is 9.95. The van der Waals surface area contributed by atoms with Crippen molar-refractivity contribution in [3.63, 3.8) is 0 Å². The number of aryl methyl sites for hydroxylation is 1. The van der Waals surface area contributed by atoms with Crippen LogP contribution < -0.4 is 5.73 Å². The number of nitrogens with one attached hydrogen (secondary N) is 1. The SMILES string of the molecule is CCCCCCCCc1ccc(-c2noc(C3CCN(C(=N)N)C3)n2)cc1. The normalized spacial score (nSPS) is 16.8. The molecule has 3 N–H and O–H groups in total. The van der Waals surface area contributed by atoms with Crippen LogP contribution in [0.3, 0.4) is 0 Å². The van der Waals surface area contributed by atoms with Crippen LogP contribution in [0.25, 0.3) is 11.4 Å². The average molecular weight is 370 g/mol. The minimum atomic E-state index is 0.109. The predicted molar refractivity (Wildman–Crippen MR) is 108 cm³/mol. The van der Waals surface area contributed by atoms with Gasteiger partial charge in [0.25, 0.3) is 0 Å². The minimum absolute atomic E-state index is 0.109. The van der Waals surface area contributed by atoms with Crippen LogP contribution in [-0.2, 0) is 6.42 Å². The average Bonchev–Trinajstić information content (AvgIpc) is 3.34. The van der Waals surface area contributed by atoms with Gasteiger partial charge in [-0.3, -0.25) is 5.41 Å². The summed E-state index contributed by atoms with van der Waals surface area (Å²) in [5.74, 6) is 1.54. The molecular formula is C21H31N5O. The molecule has 6 nitrogen and oxygen atoms in total. The first kappa shape index (κ1) is 19.4. The highest BCUT2D eigenvalue weighted by Crippen LogP contribution is 2.27.